The normalized spacial score (nSPS) is 20.9. The second-order valence-corrected chi connectivity index (χ2v) is 9.05. The predicted octanol–water partition coefficient (Wildman–Crippen LogP) is 5.27. The van der Waals surface area contributed by atoms with E-state index in [-0.39, 0.29) is 23.3 Å². The van der Waals surface area contributed by atoms with Crippen LogP contribution in [0.2, 0.25) is 0 Å². The first-order valence-corrected chi connectivity index (χ1v) is 11.8. The van der Waals surface area contributed by atoms with E-state index in [2.05, 4.69) is 12.2 Å². The number of unbranched alkanes of at least 4 members (excludes halogenated alkanes) is 5. The highest BCUT2D eigenvalue weighted by Crippen LogP contribution is 2.59. The van der Waals surface area contributed by atoms with Gasteiger partial charge in [0.2, 0.25) is 5.91 Å². The number of imide groups is 1. The zero-order valence-electron chi connectivity index (χ0n) is 19.0. The number of nitrogens with one attached hydrogen (secondary N) is 1. The van der Waals surface area contributed by atoms with Crippen LogP contribution in [-0.2, 0) is 15.0 Å². The van der Waals surface area contributed by atoms with Crippen molar-refractivity contribution < 1.29 is 19.8 Å². The van der Waals surface area contributed by atoms with Crippen molar-refractivity contribution in [1.82, 2.24) is 5.32 Å². The van der Waals surface area contributed by atoms with Gasteiger partial charge < -0.3 is 10.2 Å². The molecule has 0 saturated carbocycles. The van der Waals surface area contributed by atoms with E-state index in [1.165, 1.54) is 12.8 Å². The van der Waals surface area contributed by atoms with Crippen molar-refractivity contribution >= 4 is 11.8 Å². The molecule has 0 bridgehead atoms. The Balaban J connectivity index is 1.87. The molecule has 1 atom stereocenters. The summed E-state index contributed by atoms with van der Waals surface area (Å²) in [6.07, 6.45) is 12.5. The van der Waals surface area contributed by atoms with E-state index < -0.39 is 10.8 Å². The molecule has 5 nitrogen and oxygen atoms in total. The fourth-order valence-electron chi connectivity index (χ4n) is 5.55. The summed E-state index contributed by atoms with van der Waals surface area (Å²) in [6, 6.07) is 13.7. The first-order valence-electron chi connectivity index (χ1n) is 11.8. The summed E-state index contributed by atoms with van der Waals surface area (Å²) >= 11 is 0. The number of carbonyl (C=O) groups is 2. The molecule has 0 aromatic heterocycles. The SMILES string of the molecule is CCCCCCCCC12C(=O)NC(=O)C1=CC=CC2(c1ccc(O)cc1)c1ccc(O)cc1. The number of hydrogen-bond acceptors (Lipinski definition) is 4. The highest BCUT2D eigenvalue weighted by molar-refractivity contribution is 6.19. The Bertz CT molecular complexity index is 1040. The van der Waals surface area contributed by atoms with Gasteiger partial charge in [-0.1, -0.05) is 87.9 Å². The maximum Gasteiger partial charge on any atom is 0.254 e. The predicted molar refractivity (Wildman–Crippen MR) is 128 cm³/mol. The Kier molecular flexibility index (Phi) is 6.41. The van der Waals surface area contributed by atoms with Crippen LogP contribution in [0.15, 0.2) is 72.3 Å². The first-order chi connectivity index (χ1) is 16.0. The number of hydrogen-bond donors (Lipinski definition) is 3. The van der Waals surface area contributed by atoms with Gasteiger partial charge in [-0.15, -0.1) is 0 Å². The molecule has 0 radical (unpaired) electrons. The molecular formula is C28H31NO4. The standard InChI is InChI=1S/C28H31NO4/c1-2-3-4-5-6-7-18-28-24(25(32)29-26(28)33)9-8-19-27(28,20-10-14-22(30)15-11-20)21-12-16-23(31)17-13-21/h8-17,19,30-31H,2-7,18H2,1H3,(H,29,32,33). The Morgan fingerprint density at radius 3 is 1.91 bits per heavy atom. The van der Waals surface area contributed by atoms with Crippen LogP contribution < -0.4 is 5.32 Å². The Labute approximate surface area is 194 Å². The van der Waals surface area contributed by atoms with Gasteiger partial charge >= 0.3 is 0 Å². The van der Waals surface area contributed by atoms with Gasteiger partial charge in [-0.05, 0) is 41.8 Å². The number of amides is 2. The van der Waals surface area contributed by atoms with Crippen molar-refractivity contribution in [2.45, 2.75) is 57.3 Å². The quantitative estimate of drug-likeness (QED) is 0.362. The summed E-state index contributed by atoms with van der Waals surface area (Å²) in [7, 11) is 0. The van der Waals surface area contributed by atoms with Crippen molar-refractivity contribution in [3.8, 4) is 11.5 Å². The van der Waals surface area contributed by atoms with Crippen LogP contribution in [0.3, 0.4) is 0 Å². The van der Waals surface area contributed by atoms with Gasteiger partial charge in [0.15, 0.2) is 0 Å². The summed E-state index contributed by atoms with van der Waals surface area (Å²) in [5.74, 6) is -0.380. The second kappa shape index (κ2) is 9.26. The lowest BCUT2D eigenvalue weighted by molar-refractivity contribution is -0.130. The molecule has 2 aromatic rings. The molecule has 1 aliphatic carbocycles. The zero-order chi connectivity index (χ0) is 23.5. The average Bonchev–Trinajstić information content (AvgIpc) is 3.07. The van der Waals surface area contributed by atoms with E-state index in [4.69, 9.17) is 0 Å². The summed E-state index contributed by atoms with van der Waals surface area (Å²) in [5, 5.41) is 22.5. The van der Waals surface area contributed by atoms with Gasteiger partial charge in [0.05, 0.1) is 10.8 Å². The lowest BCUT2D eigenvalue weighted by Gasteiger charge is -2.48. The highest BCUT2D eigenvalue weighted by atomic mass is 16.3. The van der Waals surface area contributed by atoms with E-state index in [0.29, 0.717) is 12.0 Å². The van der Waals surface area contributed by atoms with Crippen LogP contribution in [0.4, 0.5) is 0 Å². The van der Waals surface area contributed by atoms with Crippen molar-refractivity contribution in [2.75, 3.05) is 0 Å². The number of carbonyl (C=O) groups excluding carboxylic acids is 2. The number of benzene rings is 2. The minimum Gasteiger partial charge on any atom is -0.508 e. The van der Waals surface area contributed by atoms with E-state index in [1.54, 1.807) is 30.3 Å². The van der Waals surface area contributed by atoms with Crippen LogP contribution in [0.25, 0.3) is 0 Å². The minimum atomic E-state index is -1.11. The fraction of sp³-hybridized carbons (Fsp3) is 0.357. The first kappa shape index (κ1) is 22.8. The Morgan fingerprint density at radius 1 is 0.788 bits per heavy atom. The maximum atomic E-state index is 13.7. The lowest BCUT2D eigenvalue weighted by Crippen LogP contribution is -2.51. The zero-order valence-corrected chi connectivity index (χ0v) is 19.0. The molecular weight excluding hydrogens is 414 g/mol. The van der Waals surface area contributed by atoms with Crippen molar-refractivity contribution in [3.05, 3.63) is 83.5 Å². The van der Waals surface area contributed by atoms with Crippen LogP contribution >= 0.6 is 0 Å². The Morgan fingerprint density at radius 2 is 1.33 bits per heavy atom. The lowest BCUT2D eigenvalue weighted by atomic mass is 9.51. The molecule has 0 spiro atoms. The molecule has 1 unspecified atom stereocenters. The third kappa shape index (κ3) is 3.75. The highest BCUT2D eigenvalue weighted by Gasteiger charge is 2.64. The van der Waals surface area contributed by atoms with Crippen molar-refractivity contribution in [2.24, 2.45) is 5.41 Å². The molecule has 1 aliphatic heterocycles. The molecule has 4 rings (SSSR count). The van der Waals surface area contributed by atoms with Gasteiger partial charge in [0.1, 0.15) is 11.5 Å². The number of phenolic OH excluding ortho intramolecular Hbond substituents is 2. The van der Waals surface area contributed by atoms with Crippen LogP contribution in [0.5, 0.6) is 11.5 Å². The van der Waals surface area contributed by atoms with Gasteiger partial charge in [0.25, 0.3) is 5.91 Å². The van der Waals surface area contributed by atoms with Crippen LogP contribution in [-0.4, -0.2) is 22.0 Å². The monoisotopic (exact) mass is 445 g/mol. The van der Waals surface area contributed by atoms with Crippen molar-refractivity contribution in [1.29, 1.82) is 0 Å². The molecule has 2 amide bonds. The fourth-order valence-corrected chi connectivity index (χ4v) is 5.55. The van der Waals surface area contributed by atoms with Crippen LogP contribution in [0.1, 0.15) is 63.0 Å². The number of allylic oxidation sites excluding steroid dienone is 3. The number of phenols is 2. The molecule has 3 N–H and O–H groups in total. The average molecular weight is 446 g/mol. The summed E-state index contributed by atoms with van der Waals surface area (Å²) < 4.78 is 0. The maximum absolute atomic E-state index is 13.7. The molecule has 5 heteroatoms. The van der Waals surface area contributed by atoms with E-state index in [0.717, 1.165) is 36.8 Å². The number of aromatic hydroxyl groups is 2. The third-order valence-electron chi connectivity index (χ3n) is 7.15. The van der Waals surface area contributed by atoms with Gasteiger partial charge in [0, 0.05) is 5.57 Å². The molecule has 2 aliphatic rings. The smallest absolute Gasteiger partial charge is 0.254 e. The minimum absolute atomic E-state index is 0.132. The summed E-state index contributed by atoms with van der Waals surface area (Å²) in [5.41, 5.74) is 0.0208. The third-order valence-corrected chi connectivity index (χ3v) is 7.15. The topological polar surface area (TPSA) is 86.6 Å². The molecule has 33 heavy (non-hydrogen) atoms. The molecule has 1 fully saturated rings. The van der Waals surface area contributed by atoms with E-state index in [9.17, 15) is 19.8 Å². The van der Waals surface area contributed by atoms with Crippen LogP contribution in [0, 0.1) is 5.41 Å². The Hall–Kier alpha value is -3.34. The van der Waals surface area contributed by atoms with Gasteiger partial charge in [-0.2, -0.15) is 0 Å². The molecule has 1 saturated heterocycles. The number of fused-ring (bicyclic) bond motifs is 1. The van der Waals surface area contributed by atoms with Gasteiger partial charge in [-0.3, -0.25) is 14.9 Å². The second-order valence-electron chi connectivity index (χ2n) is 9.05. The molecule has 1 heterocycles. The van der Waals surface area contributed by atoms with Crippen molar-refractivity contribution in [3.63, 3.8) is 0 Å². The van der Waals surface area contributed by atoms with Gasteiger partial charge in [-0.25, -0.2) is 0 Å². The van der Waals surface area contributed by atoms with E-state index in [1.807, 2.05) is 36.4 Å². The summed E-state index contributed by atoms with van der Waals surface area (Å²) in [6.45, 7) is 2.18. The van der Waals surface area contributed by atoms with E-state index >= 15 is 0 Å². The number of rotatable bonds is 9. The molecule has 172 valence electrons. The molecule has 2 aromatic carbocycles. The largest absolute Gasteiger partial charge is 0.508 e. The summed E-state index contributed by atoms with van der Waals surface area (Å²) in [4.78, 5) is 26.6.